The minimum absolute atomic E-state index is 0.182. The van der Waals surface area contributed by atoms with Crippen molar-refractivity contribution in [3.8, 4) is 0 Å². The van der Waals surface area contributed by atoms with Gasteiger partial charge in [0.25, 0.3) is 0 Å². The monoisotopic (exact) mass is 308 g/mol. The third-order valence-corrected chi connectivity index (χ3v) is 3.59. The van der Waals surface area contributed by atoms with E-state index in [1.54, 1.807) is 6.33 Å². The largest absolute Gasteiger partial charge is 0.444 e. The van der Waals surface area contributed by atoms with Gasteiger partial charge in [0.05, 0.1) is 12.0 Å². The number of rotatable bonds is 7. The van der Waals surface area contributed by atoms with E-state index in [0.717, 1.165) is 50.3 Å². The molecule has 2 N–H and O–H groups in total. The number of hydrogen-bond donors (Lipinski definition) is 2. The molecular formula is C16H28N4O2. The lowest BCUT2D eigenvalue weighted by Crippen LogP contribution is -2.39. The van der Waals surface area contributed by atoms with Crippen LogP contribution in [0.1, 0.15) is 51.4 Å². The van der Waals surface area contributed by atoms with Crippen LogP contribution in [-0.2, 0) is 11.3 Å². The summed E-state index contributed by atoms with van der Waals surface area (Å²) in [6.45, 7) is 10.1. The predicted octanol–water partition coefficient (Wildman–Crippen LogP) is 2.60. The van der Waals surface area contributed by atoms with Gasteiger partial charge < -0.3 is 19.9 Å². The van der Waals surface area contributed by atoms with Gasteiger partial charge in [-0.2, -0.15) is 0 Å². The van der Waals surface area contributed by atoms with Gasteiger partial charge in [0.1, 0.15) is 5.60 Å². The summed E-state index contributed by atoms with van der Waals surface area (Å²) >= 11 is 0. The molecule has 0 bridgehead atoms. The molecule has 1 fully saturated rings. The normalized spacial score (nSPS) is 14.9. The van der Waals surface area contributed by atoms with E-state index < -0.39 is 5.60 Å². The summed E-state index contributed by atoms with van der Waals surface area (Å²) in [4.78, 5) is 21.4. The molecule has 1 aromatic rings. The minimum Gasteiger partial charge on any atom is -0.444 e. The number of nitrogens with zero attached hydrogens (tertiary/aromatic N) is 2. The average molecular weight is 308 g/mol. The molecule has 1 saturated carbocycles. The number of nitrogens with one attached hydrogen (secondary N) is 2. The number of H-pyrrole nitrogens is 1. The van der Waals surface area contributed by atoms with Crippen molar-refractivity contribution >= 4 is 6.09 Å². The maximum absolute atomic E-state index is 12.2. The van der Waals surface area contributed by atoms with Crippen LogP contribution in [0.25, 0.3) is 0 Å². The zero-order valence-electron chi connectivity index (χ0n) is 14.1. The molecule has 1 amide bonds. The molecule has 124 valence electrons. The van der Waals surface area contributed by atoms with Crippen LogP contribution in [-0.4, -0.2) is 45.7 Å². The van der Waals surface area contributed by atoms with E-state index in [4.69, 9.17) is 4.74 Å². The Labute approximate surface area is 132 Å². The lowest BCUT2D eigenvalue weighted by atomic mass is 10.2. The Balaban J connectivity index is 1.69. The van der Waals surface area contributed by atoms with Crippen molar-refractivity contribution in [1.82, 2.24) is 20.2 Å². The van der Waals surface area contributed by atoms with Crippen molar-refractivity contribution in [3.63, 3.8) is 0 Å². The molecule has 6 heteroatoms. The fourth-order valence-electron chi connectivity index (χ4n) is 2.28. The number of ether oxygens (including phenoxy) is 1. The van der Waals surface area contributed by atoms with Gasteiger partial charge in [0, 0.05) is 24.8 Å². The molecule has 0 aliphatic heterocycles. The predicted molar refractivity (Wildman–Crippen MR) is 85.6 cm³/mol. The van der Waals surface area contributed by atoms with Crippen LogP contribution >= 0.6 is 0 Å². The Kier molecular flexibility index (Phi) is 5.45. The summed E-state index contributed by atoms with van der Waals surface area (Å²) in [5.41, 5.74) is 1.71. The average Bonchev–Trinajstić information content (AvgIpc) is 3.15. The first-order valence-electron chi connectivity index (χ1n) is 8.06. The van der Waals surface area contributed by atoms with E-state index >= 15 is 0 Å². The van der Waals surface area contributed by atoms with E-state index in [-0.39, 0.29) is 6.09 Å². The van der Waals surface area contributed by atoms with E-state index in [1.807, 2.05) is 32.6 Å². The SMILES string of the molecule is Cc1[nH]cnc1CNCCCN(C(=O)OC(C)(C)C)C1CC1. The molecule has 1 aliphatic rings. The van der Waals surface area contributed by atoms with Gasteiger partial charge in [-0.3, -0.25) is 0 Å². The number of amides is 1. The Hall–Kier alpha value is -1.56. The Morgan fingerprint density at radius 2 is 2.23 bits per heavy atom. The molecule has 2 rings (SSSR count). The topological polar surface area (TPSA) is 70.2 Å². The molecule has 0 radical (unpaired) electrons. The van der Waals surface area contributed by atoms with Crippen LogP contribution in [0.2, 0.25) is 0 Å². The zero-order valence-corrected chi connectivity index (χ0v) is 14.1. The van der Waals surface area contributed by atoms with Crippen LogP contribution in [0.15, 0.2) is 6.33 Å². The van der Waals surface area contributed by atoms with E-state index in [1.165, 1.54) is 0 Å². The molecule has 22 heavy (non-hydrogen) atoms. The van der Waals surface area contributed by atoms with Crippen LogP contribution in [0, 0.1) is 6.92 Å². The summed E-state index contributed by atoms with van der Waals surface area (Å²) < 4.78 is 5.49. The molecule has 0 unspecified atom stereocenters. The minimum atomic E-state index is -0.431. The Morgan fingerprint density at radius 3 is 2.77 bits per heavy atom. The summed E-state index contributed by atoms with van der Waals surface area (Å²) in [6.07, 6.45) is 4.64. The summed E-state index contributed by atoms with van der Waals surface area (Å²) in [5.74, 6) is 0. The fourth-order valence-corrected chi connectivity index (χ4v) is 2.28. The van der Waals surface area contributed by atoms with E-state index in [9.17, 15) is 4.79 Å². The van der Waals surface area contributed by atoms with Gasteiger partial charge in [0.2, 0.25) is 0 Å². The number of aryl methyl sites for hydroxylation is 1. The maximum atomic E-state index is 12.2. The number of carbonyl (C=O) groups is 1. The standard InChI is InChI=1S/C16H28N4O2/c1-12-14(19-11-18-12)10-17-8-5-9-20(13-6-7-13)15(21)22-16(2,3)4/h11,13,17H,5-10H2,1-4H3,(H,18,19). The summed E-state index contributed by atoms with van der Waals surface area (Å²) in [7, 11) is 0. The molecule has 0 spiro atoms. The maximum Gasteiger partial charge on any atom is 0.410 e. The second-order valence-electron chi connectivity index (χ2n) is 6.91. The molecular weight excluding hydrogens is 280 g/mol. The molecule has 0 atom stereocenters. The van der Waals surface area contributed by atoms with Crippen LogP contribution in [0.3, 0.4) is 0 Å². The molecule has 0 saturated heterocycles. The number of carbonyl (C=O) groups excluding carboxylic acids is 1. The van der Waals surface area contributed by atoms with Crippen LogP contribution < -0.4 is 5.32 Å². The first kappa shape index (κ1) is 16.8. The summed E-state index contributed by atoms with van der Waals surface area (Å²) in [6, 6.07) is 0.378. The van der Waals surface area contributed by atoms with Gasteiger partial charge in [-0.15, -0.1) is 0 Å². The van der Waals surface area contributed by atoms with E-state index in [0.29, 0.717) is 6.04 Å². The third kappa shape index (κ3) is 5.33. The highest BCUT2D eigenvalue weighted by Gasteiger charge is 2.34. The van der Waals surface area contributed by atoms with Gasteiger partial charge in [0.15, 0.2) is 0 Å². The number of aromatic amines is 1. The first-order chi connectivity index (χ1) is 10.4. The van der Waals surface area contributed by atoms with Gasteiger partial charge >= 0.3 is 6.09 Å². The number of imidazole rings is 1. The molecule has 1 aromatic heterocycles. The number of hydrogen-bond acceptors (Lipinski definition) is 4. The Morgan fingerprint density at radius 1 is 1.50 bits per heavy atom. The van der Waals surface area contributed by atoms with Crippen molar-refractivity contribution in [1.29, 1.82) is 0 Å². The molecule has 6 nitrogen and oxygen atoms in total. The second kappa shape index (κ2) is 7.13. The molecule has 1 aliphatic carbocycles. The lowest BCUT2D eigenvalue weighted by Gasteiger charge is -2.27. The second-order valence-corrected chi connectivity index (χ2v) is 6.91. The third-order valence-electron chi connectivity index (χ3n) is 3.59. The molecule has 0 aromatic carbocycles. The van der Waals surface area contributed by atoms with Crippen molar-refractivity contribution < 1.29 is 9.53 Å². The first-order valence-corrected chi connectivity index (χ1v) is 8.06. The highest BCUT2D eigenvalue weighted by Crippen LogP contribution is 2.28. The van der Waals surface area contributed by atoms with Crippen molar-refractivity contribution in [2.24, 2.45) is 0 Å². The fraction of sp³-hybridized carbons (Fsp3) is 0.750. The van der Waals surface area contributed by atoms with Gasteiger partial charge in [-0.05, 0) is 53.5 Å². The van der Waals surface area contributed by atoms with Crippen LogP contribution in [0.5, 0.6) is 0 Å². The van der Waals surface area contributed by atoms with Crippen molar-refractivity contribution in [2.75, 3.05) is 13.1 Å². The zero-order chi connectivity index (χ0) is 16.2. The van der Waals surface area contributed by atoms with Crippen molar-refractivity contribution in [2.45, 2.75) is 65.1 Å². The highest BCUT2D eigenvalue weighted by molar-refractivity contribution is 5.69. The highest BCUT2D eigenvalue weighted by atomic mass is 16.6. The van der Waals surface area contributed by atoms with Gasteiger partial charge in [-0.1, -0.05) is 0 Å². The quantitative estimate of drug-likeness (QED) is 0.760. The van der Waals surface area contributed by atoms with Gasteiger partial charge in [-0.25, -0.2) is 9.78 Å². The Bertz CT molecular complexity index is 489. The van der Waals surface area contributed by atoms with Crippen LogP contribution in [0.4, 0.5) is 4.79 Å². The number of aromatic nitrogens is 2. The van der Waals surface area contributed by atoms with E-state index in [2.05, 4.69) is 15.3 Å². The molecule has 1 heterocycles. The van der Waals surface area contributed by atoms with Crippen molar-refractivity contribution in [3.05, 3.63) is 17.7 Å². The lowest BCUT2D eigenvalue weighted by molar-refractivity contribution is 0.0232. The smallest absolute Gasteiger partial charge is 0.410 e. The summed E-state index contributed by atoms with van der Waals surface area (Å²) in [5, 5.41) is 3.37.